The standard InChI is InChI=1S/C11H16N4O2/c1-8(16)6-12-7-10-13-15-5-3-4-9(15)11(17)14(10)2/h3-5,8,12,16H,6-7H2,1-2H3/t8-/m0/s1. The maximum absolute atomic E-state index is 11.9. The molecule has 2 aromatic rings. The molecule has 0 amide bonds. The fourth-order valence-corrected chi connectivity index (χ4v) is 1.66. The predicted octanol–water partition coefficient (Wildman–Crippen LogP) is -0.497. The van der Waals surface area contributed by atoms with Crippen LogP contribution >= 0.6 is 0 Å². The lowest BCUT2D eigenvalue weighted by Crippen LogP contribution is -2.30. The van der Waals surface area contributed by atoms with Gasteiger partial charge in [-0.2, -0.15) is 5.10 Å². The lowest BCUT2D eigenvalue weighted by molar-refractivity contribution is 0.190. The Morgan fingerprint density at radius 3 is 3.06 bits per heavy atom. The maximum atomic E-state index is 11.9. The van der Waals surface area contributed by atoms with Crippen molar-refractivity contribution in [3.05, 3.63) is 34.5 Å². The second-order valence-corrected chi connectivity index (χ2v) is 4.10. The highest BCUT2D eigenvalue weighted by Crippen LogP contribution is 1.98. The molecule has 0 saturated carbocycles. The zero-order valence-electron chi connectivity index (χ0n) is 9.92. The lowest BCUT2D eigenvalue weighted by Gasteiger charge is -2.10. The van der Waals surface area contributed by atoms with Gasteiger partial charge in [0.1, 0.15) is 11.3 Å². The third kappa shape index (κ3) is 2.37. The first-order valence-electron chi connectivity index (χ1n) is 5.51. The Morgan fingerprint density at radius 1 is 1.59 bits per heavy atom. The summed E-state index contributed by atoms with van der Waals surface area (Å²) >= 11 is 0. The highest BCUT2D eigenvalue weighted by atomic mass is 16.3. The molecule has 2 rings (SSSR count). The number of aromatic nitrogens is 3. The van der Waals surface area contributed by atoms with Gasteiger partial charge >= 0.3 is 0 Å². The van der Waals surface area contributed by atoms with Crippen molar-refractivity contribution >= 4 is 5.52 Å². The first kappa shape index (κ1) is 11.8. The lowest BCUT2D eigenvalue weighted by atomic mass is 10.4. The van der Waals surface area contributed by atoms with Crippen LogP contribution in [-0.2, 0) is 13.6 Å². The zero-order valence-corrected chi connectivity index (χ0v) is 9.92. The Kier molecular flexibility index (Phi) is 3.26. The van der Waals surface area contributed by atoms with Gasteiger partial charge < -0.3 is 10.4 Å². The van der Waals surface area contributed by atoms with Crippen LogP contribution in [0.1, 0.15) is 12.7 Å². The molecular formula is C11H16N4O2. The van der Waals surface area contributed by atoms with E-state index in [9.17, 15) is 4.79 Å². The summed E-state index contributed by atoms with van der Waals surface area (Å²) in [4.78, 5) is 11.9. The molecule has 17 heavy (non-hydrogen) atoms. The van der Waals surface area contributed by atoms with Crippen LogP contribution in [-0.4, -0.2) is 31.9 Å². The predicted molar refractivity (Wildman–Crippen MR) is 63.8 cm³/mol. The minimum Gasteiger partial charge on any atom is -0.392 e. The molecule has 0 fully saturated rings. The summed E-state index contributed by atoms with van der Waals surface area (Å²) in [6, 6.07) is 3.53. The molecule has 0 spiro atoms. The largest absolute Gasteiger partial charge is 0.392 e. The van der Waals surface area contributed by atoms with Crippen molar-refractivity contribution in [1.82, 2.24) is 19.5 Å². The Balaban J connectivity index is 2.28. The smallest absolute Gasteiger partial charge is 0.277 e. The summed E-state index contributed by atoms with van der Waals surface area (Å²) < 4.78 is 3.09. The topological polar surface area (TPSA) is 71.6 Å². The Hall–Kier alpha value is -1.66. The molecule has 0 aromatic carbocycles. The van der Waals surface area contributed by atoms with E-state index in [0.29, 0.717) is 24.4 Å². The van der Waals surface area contributed by atoms with Crippen molar-refractivity contribution in [2.24, 2.45) is 7.05 Å². The molecule has 6 nitrogen and oxygen atoms in total. The number of aliphatic hydroxyl groups is 1. The number of hydrogen-bond donors (Lipinski definition) is 2. The van der Waals surface area contributed by atoms with Gasteiger partial charge in [0.25, 0.3) is 5.56 Å². The van der Waals surface area contributed by atoms with E-state index in [1.165, 1.54) is 4.57 Å². The summed E-state index contributed by atoms with van der Waals surface area (Å²) in [6.07, 6.45) is 1.33. The fourth-order valence-electron chi connectivity index (χ4n) is 1.66. The Morgan fingerprint density at radius 2 is 2.35 bits per heavy atom. The van der Waals surface area contributed by atoms with Crippen molar-refractivity contribution in [3.63, 3.8) is 0 Å². The van der Waals surface area contributed by atoms with Gasteiger partial charge in [0.15, 0.2) is 0 Å². The molecule has 2 heterocycles. The van der Waals surface area contributed by atoms with Crippen LogP contribution in [0, 0.1) is 0 Å². The highest BCUT2D eigenvalue weighted by molar-refractivity contribution is 5.43. The van der Waals surface area contributed by atoms with Crippen LogP contribution < -0.4 is 10.9 Å². The van der Waals surface area contributed by atoms with Crippen molar-refractivity contribution < 1.29 is 5.11 Å². The molecule has 0 radical (unpaired) electrons. The van der Waals surface area contributed by atoms with E-state index >= 15 is 0 Å². The third-order valence-corrected chi connectivity index (χ3v) is 2.59. The molecule has 0 saturated heterocycles. The van der Waals surface area contributed by atoms with Gasteiger partial charge in [-0.25, -0.2) is 4.52 Å². The maximum Gasteiger partial charge on any atom is 0.277 e. The Labute approximate surface area is 98.5 Å². The van der Waals surface area contributed by atoms with Crippen LogP contribution in [0.5, 0.6) is 0 Å². The number of rotatable bonds is 4. The normalized spacial score (nSPS) is 13.1. The molecule has 0 unspecified atom stereocenters. The Bertz CT molecular complexity index is 570. The summed E-state index contributed by atoms with van der Waals surface area (Å²) in [6.45, 7) is 2.62. The van der Waals surface area contributed by atoms with E-state index in [2.05, 4.69) is 10.4 Å². The minimum atomic E-state index is -0.415. The molecule has 0 aliphatic heterocycles. The van der Waals surface area contributed by atoms with Crippen molar-refractivity contribution in [3.8, 4) is 0 Å². The number of nitrogens with one attached hydrogen (secondary N) is 1. The number of aliphatic hydroxyl groups excluding tert-OH is 1. The quantitative estimate of drug-likeness (QED) is 0.751. The van der Waals surface area contributed by atoms with Crippen LogP contribution in [0.15, 0.2) is 23.1 Å². The van der Waals surface area contributed by atoms with Gasteiger partial charge in [-0.3, -0.25) is 9.36 Å². The summed E-state index contributed by atoms with van der Waals surface area (Å²) in [5.74, 6) is 0.638. The van der Waals surface area contributed by atoms with Gasteiger partial charge in [-0.1, -0.05) is 0 Å². The van der Waals surface area contributed by atoms with E-state index in [1.54, 1.807) is 36.8 Å². The number of fused-ring (bicyclic) bond motifs is 1. The van der Waals surface area contributed by atoms with E-state index in [4.69, 9.17) is 5.11 Å². The molecule has 92 valence electrons. The first-order chi connectivity index (χ1) is 8.09. The molecule has 0 bridgehead atoms. The van der Waals surface area contributed by atoms with Crippen LogP contribution in [0.3, 0.4) is 0 Å². The highest BCUT2D eigenvalue weighted by Gasteiger charge is 2.07. The molecule has 0 aliphatic carbocycles. The van der Waals surface area contributed by atoms with Gasteiger partial charge in [-0.05, 0) is 19.1 Å². The first-order valence-corrected chi connectivity index (χ1v) is 5.51. The van der Waals surface area contributed by atoms with Crippen LogP contribution in [0.2, 0.25) is 0 Å². The van der Waals surface area contributed by atoms with Gasteiger partial charge in [0.2, 0.25) is 0 Å². The number of hydrogen-bond acceptors (Lipinski definition) is 4. The molecule has 2 N–H and O–H groups in total. The van der Waals surface area contributed by atoms with Crippen molar-refractivity contribution in [2.45, 2.75) is 19.6 Å². The molecular weight excluding hydrogens is 220 g/mol. The molecule has 1 atom stereocenters. The van der Waals surface area contributed by atoms with Gasteiger partial charge in [-0.15, -0.1) is 0 Å². The van der Waals surface area contributed by atoms with E-state index in [0.717, 1.165) is 0 Å². The van der Waals surface area contributed by atoms with Crippen molar-refractivity contribution in [2.75, 3.05) is 6.54 Å². The average molecular weight is 236 g/mol. The van der Waals surface area contributed by atoms with Crippen LogP contribution in [0.4, 0.5) is 0 Å². The summed E-state index contributed by atoms with van der Waals surface area (Å²) in [7, 11) is 1.70. The van der Waals surface area contributed by atoms with E-state index in [1.807, 2.05) is 0 Å². The number of nitrogens with zero attached hydrogens (tertiary/aromatic N) is 3. The van der Waals surface area contributed by atoms with Gasteiger partial charge in [0, 0.05) is 19.8 Å². The second kappa shape index (κ2) is 4.68. The fraction of sp³-hybridized carbons (Fsp3) is 0.455. The zero-order chi connectivity index (χ0) is 12.4. The second-order valence-electron chi connectivity index (χ2n) is 4.10. The summed E-state index contributed by atoms with van der Waals surface area (Å²) in [5, 5.41) is 16.5. The SMILES string of the molecule is C[C@H](O)CNCc1nn2cccc2c(=O)n1C. The van der Waals surface area contributed by atoms with Gasteiger partial charge in [0.05, 0.1) is 12.6 Å². The molecule has 6 heteroatoms. The third-order valence-electron chi connectivity index (χ3n) is 2.59. The van der Waals surface area contributed by atoms with Crippen molar-refractivity contribution in [1.29, 1.82) is 0 Å². The van der Waals surface area contributed by atoms with E-state index < -0.39 is 6.10 Å². The average Bonchev–Trinajstić information content (AvgIpc) is 2.72. The summed E-state index contributed by atoms with van der Waals surface area (Å²) in [5.41, 5.74) is 0.491. The van der Waals surface area contributed by atoms with Crippen LogP contribution in [0.25, 0.3) is 5.52 Å². The minimum absolute atomic E-state index is 0.0705. The molecule has 2 aromatic heterocycles. The molecule has 0 aliphatic rings. The monoisotopic (exact) mass is 236 g/mol. The van der Waals surface area contributed by atoms with E-state index in [-0.39, 0.29) is 5.56 Å².